The Balaban J connectivity index is 1.63. The standard InChI is InChI=1S/C23H28N2O5/c1-4-27-23(26)30-22-20(16(2)3)21-18(9-5-10-19(21)29-22)28-13-7-12-25-15-17-8-6-11-24-14-17/h5-6,8-11,14,16,25H,4,7,12-13,15H2,1-3H3. The smallest absolute Gasteiger partial charge is 0.493 e. The number of carbonyl (C=O) groups is 1. The third kappa shape index (κ3) is 5.51. The number of hydrogen-bond donors (Lipinski definition) is 1. The molecule has 3 rings (SSSR count). The second-order valence-electron chi connectivity index (χ2n) is 7.11. The zero-order valence-corrected chi connectivity index (χ0v) is 17.6. The van der Waals surface area contributed by atoms with Crippen molar-refractivity contribution in [2.75, 3.05) is 19.8 Å². The summed E-state index contributed by atoms with van der Waals surface area (Å²) in [6.45, 7) is 8.14. The van der Waals surface area contributed by atoms with Crippen molar-refractivity contribution in [2.24, 2.45) is 0 Å². The lowest BCUT2D eigenvalue weighted by Crippen LogP contribution is -2.17. The van der Waals surface area contributed by atoms with Crippen LogP contribution in [0.5, 0.6) is 11.7 Å². The quantitative estimate of drug-likeness (QED) is 0.369. The number of nitrogens with one attached hydrogen (secondary N) is 1. The second kappa shape index (κ2) is 10.6. The molecule has 0 radical (unpaired) electrons. The third-order valence-corrected chi connectivity index (χ3v) is 4.50. The van der Waals surface area contributed by atoms with Crippen molar-refractivity contribution in [1.82, 2.24) is 10.3 Å². The molecule has 7 heteroatoms. The van der Waals surface area contributed by atoms with Gasteiger partial charge in [0.25, 0.3) is 5.95 Å². The topological polar surface area (TPSA) is 82.8 Å². The van der Waals surface area contributed by atoms with Gasteiger partial charge in [-0.3, -0.25) is 4.98 Å². The lowest BCUT2D eigenvalue weighted by Gasteiger charge is -2.11. The summed E-state index contributed by atoms with van der Waals surface area (Å²) in [5.74, 6) is 0.945. The maximum Gasteiger partial charge on any atom is 0.516 e. The predicted octanol–water partition coefficient (Wildman–Crippen LogP) is 5.05. The normalized spacial score (nSPS) is 11.1. The van der Waals surface area contributed by atoms with E-state index in [2.05, 4.69) is 10.3 Å². The fourth-order valence-corrected chi connectivity index (χ4v) is 3.18. The summed E-state index contributed by atoms with van der Waals surface area (Å²) in [6.07, 6.45) is 3.69. The van der Waals surface area contributed by atoms with Gasteiger partial charge in [0, 0.05) is 18.9 Å². The van der Waals surface area contributed by atoms with E-state index in [1.165, 1.54) is 0 Å². The molecule has 0 amide bonds. The Labute approximate surface area is 176 Å². The highest BCUT2D eigenvalue weighted by Crippen LogP contribution is 2.42. The minimum Gasteiger partial charge on any atom is -0.493 e. The monoisotopic (exact) mass is 412 g/mol. The molecule has 160 valence electrons. The van der Waals surface area contributed by atoms with Gasteiger partial charge in [-0.1, -0.05) is 26.0 Å². The van der Waals surface area contributed by atoms with Gasteiger partial charge in [-0.05, 0) is 49.6 Å². The number of furan rings is 1. The SMILES string of the molecule is CCOC(=O)Oc1oc2cccc(OCCCNCc3cccnc3)c2c1C(C)C. The molecule has 7 nitrogen and oxygen atoms in total. The zero-order chi connectivity index (χ0) is 21.3. The lowest BCUT2D eigenvalue weighted by molar-refractivity contribution is 0.0951. The largest absolute Gasteiger partial charge is 0.516 e. The maximum absolute atomic E-state index is 11.8. The van der Waals surface area contributed by atoms with Crippen LogP contribution in [0.25, 0.3) is 11.0 Å². The van der Waals surface area contributed by atoms with E-state index in [1.54, 1.807) is 13.1 Å². The van der Waals surface area contributed by atoms with Gasteiger partial charge in [-0.2, -0.15) is 0 Å². The summed E-state index contributed by atoms with van der Waals surface area (Å²) in [5, 5.41) is 4.21. The first-order valence-corrected chi connectivity index (χ1v) is 10.2. The molecule has 3 aromatic rings. The number of fused-ring (bicyclic) bond motifs is 1. The molecule has 0 spiro atoms. The van der Waals surface area contributed by atoms with E-state index in [4.69, 9.17) is 18.6 Å². The van der Waals surface area contributed by atoms with Crippen molar-refractivity contribution < 1.29 is 23.4 Å². The molecule has 0 saturated carbocycles. The predicted molar refractivity (Wildman–Crippen MR) is 114 cm³/mol. The summed E-state index contributed by atoms with van der Waals surface area (Å²) >= 11 is 0. The van der Waals surface area contributed by atoms with Crippen LogP contribution in [0.4, 0.5) is 4.79 Å². The van der Waals surface area contributed by atoms with Crippen molar-refractivity contribution in [3.8, 4) is 11.7 Å². The average Bonchev–Trinajstić information content (AvgIpc) is 3.10. The van der Waals surface area contributed by atoms with E-state index in [0.717, 1.165) is 36.0 Å². The summed E-state index contributed by atoms with van der Waals surface area (Å²) in [5.41, 5.74) is 2.56. The Morgan fingerprint density at radius 1 is 1.23 bits per heavy atom. The Kier molecular flexibility index (Phi) is 7.68. The van der Waals surface area contributed by atoms with Gasteiger partial charge in [0.15, 0.2) is 0 Å². The van der Waals surface area contributed by atoms with E-state index in [-0.39, 0.29) is 18.5 Å². The fourth-order valence-electron chi connectivity index (χ4n) is 3.18. The number of aromatic nitrogens is 1. The molecule has 0 aliphatic rings. The van der Waals surface area contributed by atoms with Crippen LogP contribution in [-0.4, -0.2) is 30.9 Å². The van der Waals surface area contributed by atoms with Gasteiger partial charge in [0.05, 0.1) is 24.2 Å². The van der Waals surface area contributed by atoms with Gasteiger partial charge in [0.1, 0.15) is 11.3 Å². The average molecular weight is 412 g/mol. The van der Waals surface area contributed by atoms with E-state index in [9.17, 15) is 4.79 Å². The summed E-state index contributed by atoms with van der Waals surface area (Å²) in [4.78, 5) is 15.9. The summed E-state index contributed by atoms with van der Waals surface area (Å²) in [6, 6.07) is 9.57. The Morgan fingerprint density at radius 3 is 2.83 bits per heavy atom. The number of carbonyl (C=O) groups excluding carboxylic acids is 1. The van der Waals surface area contributed by atoms with Crippen molar-refractivity contribution in [1.29, 1.82) is 0 Å². The fraction of sp³-hybridized carbons (Fsp3) is 0.391. The molecule has 0 unspecified atom stereocenters. The molecular weight excluding hydrogens is 384 g/mol. The molecule has 0 aliphatic carbocycles. The molecule has 0 fully saturated rings. The molecule has 0 atom stereocenters. The minimum atomic E-state index is -0.777. The van der Waals surface area contributed by atoms with Crippen LogP contribution in [-0.2, 0) is 11.3 Å². The van der Waals surface area contributed by atoms with E-state index < -0.39 is 6.16 Å². The molecule has 0 saturated heterocycles. The molecule has 0 bridgehead atoms. The van der Waals surface area contributed by atoms with Gasteiger partial charge in [-0.15, -0.1) is 0 Å². The van der Waals surface area contributed by atoms with E-state index >= 15 is 0 Å². The molecule has 2 heterocycles. The third-order valence-electron chi connectivity index (χ3n) is 4.50. The van der Waals surface area contributed by atoms with Crippen LogP contribution in [0.15, 0.2) is 47.1 Å². The number of hydrogen-bond acceptors (Lipinski definition) is 7. The van der Waals surface area contributed by atoms with Gasteiger partial charge in [-0.25, -0.2) is 4.79 Å². The summed E-state index contributed by atoms with van der Waals surface area (Å²) in [7, 11) is 0. The highest BCUT2D eigenvalue weighted by molar-refractivity contribution is 5.90. The lowest BCUT2D eigenvalue weighted by atomic mass is 10.0. The van der Waals surface area contributed by atoms with Crippen molar-refractivity contribution in [3.05, 3.63) is 53.9 Å². The number of ether oxygens (including phenoxy) is 3. The Morgan fingerprint density at radius 2 is 2.10 bits per heavy atom. The van der Waals surface area contributed by atoms with Crippen LogP contribution in [0.3, 0.4) is 0 Å². The molecule has 0 aliphatic heterocycles. The number of nitrogens with zero attached hydrogens (tertiary/aromatic N) is 1. The van der Waals surface area contributed by atoms with Crippen molar-refractivity contribution in [2.45, 2.75) is 39.7 Å². The van der Waals surface area contributed by atoms with E-state index in [1.807, 2.05) is 50.4 Å². The number of rotatable bonds is 10. The van der Waals surface area contributed by atoms with Crippen LogP contribution in [0.2, 0.25) is 0 Å². The number of pyridine rings is 1. The highest BCUT2D eigenvalue weighted by Gasteiger charge is 2.24. The Bertz CT molecular complexity index is 953. The zero-order valence-electron chi connectivity index (χ0n) is 17.6. The maximum atomic E-state index is 11.8. The first kappa shape index (κ1) is 21.6. The van der Waals surface area contributed by atoms with Gasteiger partial charge >= 0.3 is 6.16 Å². The summed E-state index contributed by atoms with van der Waals surface area (Å²) < 4.78 is 22.0. The van der Waals surface area contributed by atoms with Crippen molar-refractivity contribution >= 4 is 17.1 Å². The molecule has 2 aromatic heterocycles. The molecule has 1 aromatic carbocycles. The highest BCUT2D eigenvalue weighted by atomic mass is 16.8. The first-order valence-electron chi connectivity index (χ1n) is 10.2. The van der Waals surface area contributed by atoms with Gasteiger partial charge < -0.3 is 23.9 Å². The molecular formula is C23H28N2O5. The van der Waals surface area contributed by atoms with Crippen LogP contribution in [0, 0.1) is 0 Å². The minimum absolute atomic E-state index is 0.0709. The van der Waals surface area contributed by atoms with Crippen LogP contribution >= 0.6 is 0 Å². The Hall–Kier alpha value is -3.06. The number of benzene rings is 1. The van der Waals surface area contributed by atoms with Gasteiger partial charge in [0.2, 0.25) is 0 Å². The van der Waals surface area contributed by atoms with Crippen LogP contribution in [0.1, 0.15) is 44.2 Å². The molecule has 1 N–H and O–H groups in total. The van der Waals surface area contributed by atoms with Crippen molar-refractivity contribution in [3.63, 3.8) is 0 Å². The molecule has 30 heavy (non-hydrogen) atoms. The second-order valence-corrected chi connectivity index (χ2v) is 7.11. The van der Waals surface area contributed by atoms with Crippen LogP contribution < -0.4 is 14.8 Å². The van der Waals surface area contributed by atoms with E-state index in [0.29, 0.717) is 17.9 Å². The first-order chi connectivity index (χ1) is 14.6.